The first-order valence-corrected chi connectivity index (χ1v) is 7.41. The Morgan fingerprint density at radius 2 is 2.05 bits per heavy atom. The lowest BCUT2D eigenvalue weighted by molar-refractivity contribution is -0.119. The minimum absolute atomic E-state index is 0.0334. The minimum atomic E-state index is -0.279. The molecular weight excluding hydrogens is 356 g/mol. The summed E-state index contributed by atoms with van der Waals surface area (Å²) in [5, 5.41) is 13.8. The Morgan fingerprint density at radius 1 is 1.43 bits per heavy atom. The van der Waals surface area contributed by atoms with Crippen LogP contribution >= 0.6 is 27.5 Å². The second kappa shape index (κ2) is 7.47. The van der Waals surface area contributed by atoms with Gasteiger partial charge in [0.25, 0.3) is 0 Å². The topological polar surface area (TPSA) is 91.0 Å². The third-order valence-corrected chi connectivity index (χ3v) is 3.65. The number of benzene rings is 1. The molecule has 0 bridgehead atoms. The second-order valence-electron chi connectivity index (χ2n) is 4.65. The molecule has 0 saturated heterocycles. The number of hydrogen-bond donors (Lipinski definition) is 4. The highest BCUT2D eigenvalue weighted by Crippen LogP contribution is 2.29. The summed E-state index contributed by atoms with van der Waals surface area (Å²) in [5.41, 5.74) is 8.40. The number of hydrogen-bond acceptors (Lipinski definition) is 4. The maximum absolute atomic E-state index is 12.1. The molecule has 114 valence electrons. The van der Waals surface area contributed by atoms with E-state index in [2.05, 4.69) is 26.6 Å². The Morgan fingerprint density at radius 3 is 2.52 bits per heavy atom. The zero-order chi connectivity index (χ0) is 16.2. The lowest BCUT2D eigenvalue weighted by Gasteiger charge is -2.15. The van der Waals surface area contributed by atoms with Gasteiger partial charge in [-0.25, -0.2) is 0 Å². The quantitative estimate of drug-likeness (QED) is 0.598. The van der Waals surface area contributed by atoms with Crippen LogP contribution in [-0.2, 0) is 11.2 Å². The van der Waals surface area contributed by atoms with E-state index in [-0.39, 0.29) is 16.9 Å². The summed E-state index contributed by atoms with van der Waals surface area (Å²) in [4.78, 5) is 12.1. The van der Waals surface area contributed by atoms with E-state index in [1.54, 1.807) is 19.2 Å². The molecule has 0 heterocycles. The molecule has 5 nitrogen and oxygen atoms in total. The average Bonchev–Trinajstić information content (AvgIpc) is 2.40. The summed E-state index contributed by atoms with van der Waals surface area (Å²) in [6.45, 7) is 3.62. The van der Waals surface area contributed by atoms with Gasteiger partial charge in [0.05, 0.1) is 6.42 Å². The highest BCUT2D eigenvalue weighted by molar-refractivity contribution is 9.18. The molecule has 21 heavy (non-hydrogen) atoms. The molecule has 1 aromatic rings. The van der Waals surface area contributed by atoms with Gasteiger partial charge < -0.3 is 16.4 Å². The third-order valence-electron chi connectivity index (χ3n) is 2.89. The standard InChI is InChI=1S/C14H18BrClN4O/c1-7(2)14(18)20-11(21)6-8-9(16)4-5-10(19-3)12(8)13(15)17/h4-5,17,19H,6,18H2,1-3H3,(H,20,21). The van der Waals surface area contributed by atoms with Crippen LogP contribution in [-0.4, -0.2) is 17.6 Å². The van der Waals surface area contributed by atoms with Gasteiger partial charge in [0.1, 0.15) is 10.4 Å². The number of anilines is 1. The first kappa shape index (κ1) is 17.5. The number of carbonyl (C=O) groups is 1. The number of carbonyl (C=O) groups excluding carboxylic acids is 1. The molecule has 0 aliphatic carbocycles. The molecule has 5 N–H and O–H groups in total. The fourth-order valence-electron chi connectivity index (χ4n) is 1.73. The van der Waals surface area contributed by atoms with Crippen LogP contribution in [0.25, 0.3) is 0 Å². The lowest BCUT2D eigenvalue weighted by atomic mass is 10.0. The van der Waals surface area contributed by atoms with Crippen molar-refractivity contribution in [2.45, 2.75) is 20.3 Å². The van der Waals surface area contributed by atoms with Crippen LogP contribution in [0.5, 0.6) is 0 Å². The molecule has 0 aliphatic rings. The summed E-state index contributed by atoms with van der Waals surface area (Å²) >= 11 is 9.32. The van der Waals surface area contributed by atoms with Gasteiger partial charge in [0, 0.05) is 23.3 Å². The van der Waals surface area contributed by atoms with Gasteiger partial charge in [-0.05, 0) is 53.0 Å². The van der Waals surface area contributed by atoms with E-state index in [4.69, 9.17) is 22.7 Å². The number of allylic oxidation sites excluding steroid dienone is 1. The van der Waals surface area contributed by atoms with Gasteiger partial charge in [-0.1, -0.05) is 11.6 Å². The van der Waals surface area contributed by atoms with E-state index in [0.717, 1.165) is 11.3 Å². The van der Waals surface area contributed by atoms with Crippen molar-refractivity contribution in [2.75, 3.05) is 12.4 Å². The van der Waals surface area contributed by atoms with Crippen LogP contribution in [0.4, 0.5) is 5.69 Å². The van der Waals surface area contributed by atoms with Crippen molar-refractivity contribution in [3.05, 3.63) is 39.7 Å². The van der Waals surface area contributed by atoms with Crippen LogP contribution < -0.4 is 16.4 Å². The predicted octanol–water partition coefficient (Wildman–Crippen LogP) is 2.97. The molecule has 0 spiro atoms. The Labute approximate surface area is 137 Å². The van der Waals surface area contributed by atoms with Crippen LogP contribution in [0.1, 0.15) is 25.0 Å². The van der Waals surface area contributed by atoms with Crippen molar-refractivity contribution in [3.8, 4) is 0 Å². The van der Waals surface area contributed by atoms with Crippen molar-refractivity contribution in [2.24, 2.45) is 5.73 Å². The monoisotopic (exact) mass is 372 g/mol. The third kappa shape index (κ3) is 4.47. The molecule has 0 fully saturated rings. The van der Waals surface area contributed by atoms with Crippen LogP contribution in [0.15, 0.2) is 23.5 Å². The summed E-state index contributed by atoms with van der Waals surface area (Å²) in [6.07, 6.45) is 0.0334. The summed E-state index contributed by atoms with van der Waals surface area (Å²) in [7, 11) is 1.74. The van der Waals surface area contributed by atoms with Crippen LogP contribution in [0, 0.1) is 5.41 Å². The van der Waals surface area contributed by atoms with Crippen LogP contribution in [0.2, 0.25) is 5.02 Å². The highest BCUT2D eigenvalue weighted by Gasteiger charge is 2.17. The molecule has 1 rings (SSSR count). The Hall–Kier alpha value is -1.53. The normalized spacial score (nSPS) is 9.95. The average molecular weight is 374 g/mol. The Kier molecular flexibility index (Phi) is 6.23. The largest absolute Gasteiger partial charge is 0.388 e. The number of halogens is 2. The molecule has 0 atom stereocenters. The molecular formula is C14H18BrClN4O. The highest BCUT2D eigenvalue weighted by atomic mass is 79.9. The maximum atomic E-state index is 12.1. The maximum Gasteiger partial charge on any atom is 0.229 e. The van der Waals surface area contributed by atoms with Crippen LogP contribution in [0.3, 0.4) is 0 Å². The number of amides is 1. The van der Waals surface area contributed by atoms with Crippen molar-refractivity contribution >= 4 is 43.7 Å². The van der Waals surface area contributed by atoms with E-state index >= 15 is 0 Å². The van der Waals surface area contributed by atoms with Gasteiger partial charge in [-0.15, -0.1) is 0 Å². The number of rotatable bonds is 5. The van der Waals surface area contributed by atoms with Crippen molar-refractivity contribution in [1.82, 2.24) is 5.32 Å². The lowest BCUT2D eigenvalue weighted by Crippen LogP contribution is -2.30. The molecule has 1 amide bonds. The minimum Gasteiger partial charge on any atom is -0.388 e. The Bertz CT molecular complexity index is 609. The summed E-state index contributed by atoms with van der Waals surface area (Å²) in [5.74, 6) is 0.0511. The zero-order valence-electron chi connectivity index (χ0n) is 12.1. The van der Waals surface area contributed by atoms with Crippen molar-refractivity contribution in [1.29, 1.82) is 5.41 Å². The van der Waals surface area contributed by atoms with Gasteiger partial charge in [0.15, 0.2) is 0 Å². The van der Waals surface area contributed by atoms with Gasteiger partial charge in [0.2, 0.25) is 5.91 Å². The first-order valence-electron chi connectivity index (χ1n) is 6.24. The molecule has 0 aromatic heterocycles. The number of nitrogens with one attached hydrogen (secondary N) is 3. The van der Waals surface area contributed by atoms with Gasteiger partial charge in [-0.2, -0.15) is 0 Å². The molecule has 0 saturated carbocycles. The van der Waals surface area contributed by atoms with E-state index in [9.17, 15) is 4.79 Å². The van der Waals surface area contributed by atoms with Gasteiger partial charge >= 0.3 is 0 Å². The summed E-state index contributed by atoms with van der Waals surface area (Å²) in [6, 6.07) is 3.46. The fraction of sp³-hybridized carbons (Fsp3) is 0.286. The van der Waals surface area contributed by atoms with E-state index in [0.29, 0.717) is 22.0 Å². The van der Waals surface area contributed by atoms with Crippen molar-refractivity contribution in [3.63, 3.8) is 0 Å². The molecule has 1 aromatic carbocycles. The van der Waals surface area contributed by atoms with E-state index in [1.165, 1.54) is 0 Å². The smallest absolute Gasteiger partial charge is 0.229 e. The Balaban J connectivity index is 3.16. The molecule has 0 aliphatic heterocycles. The fourth-order valence-corrected chi connectivity index (χ4v) is 2.41. The molecule has 7 heteroatoms. The predicted molar refractivity (Wildman–Crippen MR) is 91.2 cm³/mol. The van der Waals surface area contributed by atoms with Gasteiger partial charge in [-0.3, -0.25) is 10.2 Å². The van der Waals surface area contributed by atoms with Crippen molar-refractivity contribution < 1.29 is 4.79 Å². The molecule has 0 unspecified atom stereocenters. The molecule has 0 radical (unpaired) electrons. The first-order chi connectivity index (χ1) is 9.77. The van der Waals surface area contributed by atoms with E-state index < -0.39 is 0 Å². The number of nitrogens with two attached hydrogens (primary N) is 1. The zero-order valence-corrected chi connectivity index (χ0v) is 14.4. The second-order valence-corrected chi connectivity index (χ2v) is 5.85. The van der Waals surface area contributed by atoms with E-state index in [1.807, 2.05) is 13.8 Å². The summed E-state index contributed by atoms with van der Waals surface area (Å²) < 4.78 is 0.160. The SMILES string of the molecule is CNc1ccc(Cl)c(CC(=O)NC(N)=C(C)C)c1C(=N)Br.